The van der Waals surface area contributed by atoms with Gasteiger partial charge in [-0.2, -0.15) is 0 Å². The lowest BCUT2D eigenvalue weighted by atomic mass is 9.85. The maximum atomic E-state index is 6.00. The number of hydrogen-bond donors (Lipinski definition) is 1. The van der Waals surface area contributed by atoms with Crippen LogP contribution in [0.4, 0.5) is 0 Å². The molecule has 0 heterocycles. The van der Waals surface area contributed by atoms with Gasteiger partial charge in [0.05, 0.1) is 12.1 Å². The van der Waals surface area contributed by atoms with E-state index in [1.165, 1.54) is 6.42 Å². The summed E-state index contributed by atoms with van der Waals surface area (Å²) in [5.74, 6) is 2.27. The zero-order valence-electron chi connectivity index (χ0n) is 11.5. The highest BCUT2D eigenvalue weighted by Crippen LogP contribution is 2.39. The fourth-order valence-electron chi connectivity index (χ4n) is 2.61. The van der Waals surface area contributed by atoms with E-state index in [2.05, 4.69) is 32.7 Å². The largest absolute Gasteiger partial charge is 0.383 e. The third kappa shape index (κ3) is 2.76. The molecule has 16 heavy (non-hydrogen) atoms. The van der Waals surface area contributed by atoms with Crippen molar-refractivity contribution >= 4 is 0 Å². The normalized spacial score (nSPS) is 28.5. The zero-order chi connectivity index (χ0) is 12.3. The van der Waals surface area contributed by atoms with E-state index in [9.17, 15) is 0 Å². The average Bonchev–Trinajstić information content (AvgIpc) is 2.90. The third-order valence-corrected chi connectivity index (χ3v) is 4.37. The van der Waals surface area contributed by atoms with Crippen molar-refractivity contribution < 1.29 is 4.74 Å². The zero-order valence-corrected chi connectivity index (χ0v) is 11.5. The molecule has 3 unspecified atom stereocenters. The van der Waals surface area contributed by atoms with Crippen molar-refractivity contribution in [3.8, 4) is 0 Å². The molecule has 0 saturated heterocycles. The topological polar surface area (TPSA) is 38.5 Å². The van der Waals surface area contributed by atoms with Gasteiger partial charge in [-0.15, -0.1) is 0 Å². The fourth-order valence-corrected chi connectivity index (χ4v) is 2.61. The van der Waals surface area contributed by atoms with Gasteiger partial charge in [0.2, 0.25) is 0 Å². The van der Waals surface area contributed by atoms with Crippen molar-refractivity contribution in [2.24, 2.45) is 23.5 Å². The summed E-state index contributed by atoms with van der Waals surface area (Å²) in [5.41, 5.74) is 6.00. The third-order valence-electron chi connectivity index (χ3n) is 4.37. The van der Waals surface area contributed by atoms with E-state index >= 15 is 0 Å². The van der Waals surface area contributed by atoms with Crippen LogP contribution in [0.5, 0.6) is 0 Å². The molecule has 1 aliphatic carbocycles. The summed E-state index contributed by atoms with van der Waals surface area (Å²) in [6, 6.07) is 0. The van der Waals surface area contributed by atoms with Gasteiger partial charge in [0, 0.05) is 20.2 Å². The Labute approximate surface area is 100 Å². The minimum Gasteiger partial charge on any atom is -0.383 e. The quantitative estimate of drug-likeness (QED) is 0.719. The smallest absolute Gasteiger partial charge is 0.0661 e. The number of ether oxygens (including phenoxy) is 1. The van der Waals surface area contributed by atoms with Crippen LogP contribution in [-0.2, 0) is 4.74 Å². The molecule has 3 heteroatoms. The molecule has 3 atom stereocenters. The van der Waals surface area contributed by atoms with Gasteiger partial charge in [0.1, 0.15) is 0 Å². The highest BCUT2D eigenvalue weighted by Gasteiger charge is 2.41. The van der Waals surface area contributed by atoms with Crippen LogP contribution in [0.2, 0.25) is 0 Å². The predicted molar refractivity (Wildman–Crippen MR) is 68.4 cm³/mol. The van der Waals surface area contributed by atoms with Gasteiger partial charge >= 0.3 is 0 Å². The molecule has 96 valence electrons. The minimum absolute atomic E-state index is 0.00292. The molecule has 1 aliphatic rings. The molecule has 0 aromatic rings. The summed E-state index contributed by atoms with van der Waals surface area (Å²) >= 11 is 0. The van der Waals surface area contributed by atoms with Gasteiger partial charge in [-0.25, -0.2) is 0 Å². The molecule has 1 saturated carbocycles. The van der Waals surface area contributed by atoms with E-state index in [0.717, 1.165) is 25.0 Å². The Morgan fingerprint density at radius 2 is 2.06 bits per heavy atom. The van der Waals surface area contributed by atoms with Crippen LogP contribution in [0.3, 0.4) is 0 Å². The molecule has 0 aromatic carbocycles. The summed E-state index contributed by atoms with van der Waals surface area (Å²) in [7, 11) is 3.96. The van der Waals surface area contributed by atoms with Gasteiger partial charge in [-0.1, -0.05) is 20.8 Å². The Morgan fingerprint density at radius 3 is 2.38 bits per heavy atom. The summed E-state index contributed by atoms with van der Waals surface area (Å²) in [4.78, 5) is 2.43. The second kappa shape index (κ2) is 5.48. The van der Waals surface area contributed by atoms with Gasteiger partial charge < -0.3 is 10.5 Å². The molecular weight excluding hydrogens is 200 g/mol. The Morgan fingerprint density at radius 1 is 1.50 bits per heavy atom. The number of nitrogens with zero attached hydrogens (tertiary/aromatic N) is 1. The van der Waals surface area contributed by atoms with Gasteiger partial charge in [-0.05, 0) is 31.2 Å². The second-order valence-corrected chi connectivity index (χ2v) is 5.75. The maximum Gasteiger partial charge on any atom is 0.0661 e. The van der Waals surface area contributed by atoms with Gasteiger partial charge in [0.25, 0.3) is 0 Å². The van der Waals surface area contributed by atoms with Crippen molar-refractivity contribution in [1.82, 2.24) is 4.90 Å². The summed E-state index contributed by atoms with van der Waals surface area (Å²) < 4.78 is 5.39. The lowest BCUT2D eigenvalue weighted by molar-refractivity contribution is -0.00388. The molecule has 0 radical (unpaired) electrons. The van der Waals surface area contributed by atoms with E-state index in [4.69, 9.17) is 10.5 Å². The number of nitrogens with two attached hydrogens (primary N) is 1. The molecule has 3 nitrogen and oxygen atoms in total. The Balaban J connectivity index is 2.65. The van der Waals surface area contributed by atoms with Crippen LogP contribution >= 0.6 is 0 Å². The lowest BCUT2D eigenvalue weighted by Crippen LogP contribution is -2.59. The molecule has 0 aromatic heterocycles. The van der Waals surface area contributed by atoms with E-state index in [1.807, 2.05) is 0 Å². The molecule has 0 amide bonds. The number of methoxy groups -OCH3 is 1. The minimum atomic E-state index is -0.00292. The highest BCUT2D eigenvalue weighted by molar-refractivity contribution is 4.96. The molecule has 0 spiro atoms. The first-order valence-electron chi connectivity index (χ1n) is 6.38. The molecular formula is C13H28N2O. The molecule has 0 bridgehead atoms. The van der Waals surface area contributed by atoms with E-state index in [1.54, 1.807) is 7.11 Å². The van der Waals surface area contributed by atoms with E-state index in [0.29, 0.717) is 12.5 Å². The van der Waals surface area contributed by atoms with Gasteiger partial charge in [-0.3, -0.25) is 4.90 Å². The Hall–Kier alpha value is -0.120. The first kappa shape index (κ1) is 13.9. The first-order chi connectivity index (χ1) is 7.47. The number of likely N-dealkylation sites (N-methyl/N-ethyl adjacent to an activating group) is 1. The van der Waals surface area contributed by atoms with Crippen LogP contribution in [0.25, 0.3) is 0 Å². The van der Waals surface area contributed by atoms with Crippen molar-refractivity contribution in [1.29, 1.82) is 0 Å². The van der Waals surface area contributed by atoms with Crippen molar-refractivity contribution in [2.45, 2.75) is 32.7 Å². The van der Waals surface area contributed by atoms with E-state index in [-0.39, 0.29) is 5.54 Å². The SMILES string of the molecule is COCC(CN)(C(C)C)N(C)CC1CC1C. The van der Waals surface area contributed by atoms with Crippen LogP contribution in [0, 0.1) is 17.8 Å². The van der Waals surface area contributed by atoms with Crippen LogP contribution in [0.1, 0.15) is 27.2 Å². The number of rotatable bonds is 7. The van der Waals surface area contributed by atoms with Crippen LogP contribution < -0.4 is 5.73 Å². The molecule has 1 fully saturated rings. The summed E-state index contributed by atoms with van der Waals surface area (Å²) in [5, 5.41) is 0. The standard InChI is InChI=1S/C13H28N2O/c1-10(2)13(8-14,9-16-5)15(4)7-12-6-11(12)3/h10-12H,6-9,14H2,1-5H3. The summed E-state index contributed by atoms with van der Waals surface area (Å²) in [6.45, 7) is 9.33. The molecule has 0 aliphatic heterocycles. The lowest BCUT2D eigenvalue weighted by Gasteiger charge is -2.44. The van der Waals surface area contributed by atoms with E-state index < -0.39 is 0 Å². The predicted octanol–water partition coefficient (Wildman–Crippen LogP) is 1.57. The van der Waals surface area contributed by atoms with Crippen LogP contribution in [-0.4, -0.2) is 44.3 Å². The van der Waals surface area contributed by atoms with Crippen LogP contribution in [0.15, 0.2) is 0 Å². The van der Waals surface area contributed by atoms with Gasteiger partial charge in [0.15, 0.2) is 0 Å². The summed E-state index contributed by atoms with van der Waals surface area (Å²) in [6.07, 6.45) is 1.37. The fraction of sp³-hybridized carbons (Fsp3) is 1.00. The highest BCUT2D eigenvalue weighted by atomic mass is 16.5. The average molecular weight is 228 g/mol. The van der Waals surface area contributed by atoms with Crippen molar-refractivity contribution in [3.63, 3.8) is 0 Å². The Kier molecular flexibility index (Phi) is 4.77. The monoisotopic (exact) mass is 228 g/mol. The van der Waals surface area contributed by atoms with Crippen molar-refractivity contribution in [2.75, 3.05) is 33.9 Å². The molecule has 1 rings (SSSR count). The second-order valence-electron chi connectivity index (χ2n) is 5.75. The Bertz CT molecular complexity index is 220. The molecule has 2 N–H and O–H groups in total. The number of hydrogen-bond acceptors (Lipinski definition) is 3. The first-order valence-corrected chi connectivity index (χ1v) is 6.38. The maximum absolute atomic E-state index is 6.00. The van der Waals surface area contributed by atoms with Crippen molar-refractivity contribution in [3.05, 3.63) is 0 Å².